The summed E-state index contributed by atoms with van der Waals surface area (Å²) in [6.45, 7) is 4.84. The fourth-order valence-corrected chi connectivity index (χ4v) is 4.46. The van der Waals surface area contributed by atoms with Gasteiger partial charge >= 0.3 is 0 Å². The second kappa shape index (κ2) is 9.70. The van der Waals surface area contributed by atoms with Gasteiger partial charge in [-0.15, -0.1) is 5.10 Å². The number of tetrazole rings is 1. The van der Waals surface area contributed by atoms with E-state index in [0.29, 0.717) is 38.3 Å². The predicted molar refractivity (Wildman–Crippen MR) is 126 cm³/mol. The molecule has 0 spiro atoms. The number of aryl methyl sites for hydroxylation is 2. The van der Waals surface area contributed by atoms with Gasteiger partial charge in [-0.2, -0.15) is 0 Å². The Hall–Kier alpha value is -2.91. The van der Waals surface area contributed by atoms with Crippen molar-refractivity contribution in [1.29, 1.82) is 0 Å². The number of ether oxygens (including phenoxy) is 1. The summed E-state index contributed by atoms with van der Waals surface area (Å²) < 4.78 is 8.94. The second-order valence-corrected chi connectivity index (χ2v) is 8.71. The molecule has 8 nitrogen and oxygen atoms in total. The van der Waals surface area contributed by atoms with Gasteiger partial charge < -0.3 is 4.74 Å². The normalized spacial score (nSPS) is 11.2. The molecule has 0 radical (unpaired) electrons. The first kappa shape index (κ1) is 22.3. The molecule has 2 heterocycles. The smallest absolute Gasteiger partial charge is 0.266 e. The lowest BCUT2D eigenvalue weighted by molar-refractivity contribution is 0.411. The minimum absolute atomic E-state index is 0.191. The number of rotatable bonds is 8. The average Bonchev–Trinajstić information content (AvgIpc) is 3.23. The number of fused-ring (bicyclic) bond motifs is 1. The maximum Gasteiger partial charge on any atom is 0.266 e. The van der Waals surface area contributed by atoms with Crippen LogP contribution in [0.1, 0.15) is 31.2 Å². The zero-order chi connectivity index (χ0) is 22.7. The molecule has 32 heavy (non-hydrogen) atoms. The third-order valence-electron chi connectivity index (χ3n) is 5.04. The standard InChI is InChI=1S/C22H23ClN6O2S/c1-4-5-10-28-20(25-26-27-28)13-32-22-24-17-12-15(23)7-8-16(17)21(30)29(22)18-11-14(2)6-9-19(18)31-3/h6-9,11-12H,4-5,10,13H2,1-3H3. The molecular weight excluding hydrogens is 448 g/mol. The summed E-state index contributed by atoms with van der Waals surface area (Å²) in [6.07, 6.45) is 2.03. The second-order valence-electron chi connectivity index (χ2n) is 7.33. The molecular formula is C22H23ClN6O2S. The van der Waals surface area contributed by atoms with Crippen molar-refractivity contribution < 1.29 is 4.74 Å². The van der Waals surface area contributed by atoms with Crippen LogP contribution in [0.15, 0.2) is 46.3 Å². The van der Waals surface area contributed by atoms with E-state index in [9.17, 15) is 4.79 Å². The molecule has 0 fully saturated rings. The Bertz CT molecular complexity index is 1320. The summed E-state index contributed by atoms with van der Waals surface area (Å²) >= 11 is 7.57. The molecule has 0 unspecified atom stereocenters. The zero-order valence-corrected chi connectivity index (χ0v) is 19.7. The number of benzene rings is 2. The van der Waals surface area contributed by atoms with Crippen LogP contribution in [0.4, 0.5) is 0 Å². The van der Waals surface area contributed by atoms with Crippen LogP contribution in [-0.2, 0) is 12.3 Å². The molecule has 0 amide bonds. The molecule has 10 heteroatoms. The van der Waals surface area contributed by atoms with E-state index in [4.69, 9.17) is 21.3 Å². The van der Waals surface area contributed by atoms with Crippen LogP contribution >= 0.6 is 23.4 Å². The lowest BCUT2D eigenvalue weighted by Crippen LogP contribution is -2.22. The Kier molecular flexibility index (Phi) is 6.76. The van der Waals surface area contributed by atoms with Gasteiger partial charge in [0.2, 0.25) is 0 Å². The molecule has 0 saturated carbocycles. The van der Waals surface area contributed by atoms with E-state index in [1.165, 1.54) is 11.8 Å². The van der Waals surface area contributed by atoms with E-state index in [-0.39, 0.29) is 5.56 Å². The van der Waals surface area contributed by atoms with Crippen LogP contribution < -0.4 is 10.3 Å². The lowest BCUT2D eigenvalue weighted by atomic mass is 10.2. The van der Waals surface area contributed by atoms with Gasteiger partial charge in [0.05, 0.1) is 29.5 Å². The largest absolute Gasteiger partial charge is 0.495 e. The van der Waals surface area contributed by atoms with Gasteiger partial charge in [-0.3, -0.25) is 9.36 Å². The van der Waals surface area contributed by atoms with Crippen LogP contribution in [0.2, 0.25) is 5.02 Å². The van der Waals surface area contributed by atoms with Gasteiger partial charge in [0.15, 0.2) is 11.0 Å². The molecule has 0 saturated heterocycles. The van der Waals surface area contributed by atoms with Gasteiger partial charge in [0, 0.05) is 11.6 Å². The monoisotopic (exact) mass is 470 g/mol. The van der Waals surface area contributed by atoms with Crippen molar-refractivity contribution in [2.75, 3.05) is 7.11 Å². The first-order valence-electron chi connectivity index (χ1n) is 10.3. The van der Waals surface area contributed by atoms with Crippen molar-refractivity contribution in [1.82, 2.24) is 29.8 Å². The van der Waals surface area contributed by atoms with Crippen molar-refractivity contribution in [3.05, 3.63) is 63.2 Å². The summed E-state index contributed by atoms with van der Waals surface area (Å²) in [7, 11) is 1.59. The van der Waals surface area contributed by atoms with Crippen molar-refractivity contribution in [2.45, 2.75) is 44.1 Å². The molecule has 0 aliphatic rings. The summed E-state index contributed by atoms with van der Waals surface area (Å²) in [5.41, 5.74) is 1.99. The topological polar surface area (TPSA) is 87.7 Å². The van der Waals surface area contributed by atoms with Crippen molar-refractivity contribution >= 4 is 34.3 Å². The fourth-order valence-electron chi connectivity index (χ4n) is 3.36. The number of hydrogen-bond donors (Lipinski definition) is 0. The highest BCUT2D eigenvalue weighted by Crippen LogP contribution is 2.30. The van der Waals surface area contributed by atoms with Crippen LogP contribution in [-0.4, -0.2) is 36.9 Å². The van der Waals surface area contributed by atoms with Gasteiger partial charge in [-0.25, -0.2) is 9.67 Å². The van der Waals surface area contributed by atoms with E-state index < -0.39 is 0 Å². The van der Waals surface area contributed by atoms with Crippen LogP contribution in [0.25, 0.3) is 16.6 Å². The maximum absolute atomic E-state index is 13.6. The molecule has 4 aromatic rings. The summed E-state index contributed by atoms with van der Waals surface area (Å²) in [5, 5.41) is 13.6. The number of methoxy groups -OCH3 is 1. The lowest BCUT2D eigenvalue weighted by Gasteiger charge is -2.16. The first-order chi connectivity index (χ1) is 15.5. The number of nitrogens with zero attached hydrogens (tertiary/aromatic N) is 6. The molecule has 2 aromatic heterocycles. The van der Waals surface area contributed by atoms with Gasteiger partial charge in [0.25, 0.3) is 5.56 Å². The molecule has 2 aromatic carbocycles. The average molecular weight is 471 g/mol. The van der Waals surface area contributed by atoms with Gasteiger partial charge in [0.1, 0.15) is 5.75 Å². The Morgan fingerprint density at radius 3 is 2.81 bits per heavy atom. The first-order valence-corrected chi connectivity index (χ1v) is 11.6. The SMILES string of the molecule is CCCCn1nnnc1CSc1nc2cc(Cl)ccc2c(=O)n1-c1cc(C)ccc1OC. The molecule has 0 N–H and O–H groups in total. The van der Waals surface area contributed by atoms with Crippen LogP contribution in [0.5, 0.6) is 5.75 Å². The Labute approximate surface area is 194 Å². The molecule has 0 bridgehead atoms. The number of halogens is 1. The molecule has 4 rings (SSSR count). The fraction of sp³-hybridized carbons (Fsp3) is 0.318. The van der Waals surface area contributed by atoms with Crippen molar-refractivity contribution in [2.24, 2.45) is 0 Å². The van der Waals surface area contributed by atoms with Crippen molar-refractivity contribution in [3.8, 4) is 11.4 Å². The minimum Gasteiger partial charge on any atom is -0.495 e. The zero-order valence-electron chi connectivity index (χ0n) is 18.1. The van der Waals surface area contributed by atoms with Crippen LogP contribution in [0.3, 0.4) is 0 Å². The van der Waals surface area contributed by atoms with Crippen LogP contribution in [0, 0.1) is 6.92 Å². The van der Waals surface area contributed by atoms with Gasteiger partial charge in [-0.05, 0) is 59.7 Å². The molecule has 166 valence electrons. The van der Waals surface area contributed by atoms with Gasteiger partial charge in [-0.1, -0.05) is 42.8 Å². The maximum atomic E-state index is 13.6. The molecule has 0 aliphatic heterocycles. The number of aromatic nitrogens is 6. The summed E-state index contributed by atoms with van der Waals surface area (Å²) in [5.74, 6) is 1.78. The number of hydrogen-bond acceptors (Lipinski definition) is 7. The molecule has 0 aliphatic carbocycles. The van der Waals surface area contributed by atoms with E-state index in [0.717, 1.165) is 30.8 Å². The number of thioether (sulfide) groups is 1. The minimum atomic E-state index is -0.191. The van der Waals surface area contributed by atoms with E-state index in [2.05, 4.69) is 22.4 Å². The summed E-state index contributed by atoms with van der Waals surface area (Å²) in [6, 6.07) is 10.8. The highest BCUT2D eigenvalue weighted by molar-refractivity contribution is 7.98. The number of unbranched alkanes of at least 4 members (excludes halogenated alkanes) is 1. The molecule has 0 atom stereocenters. The predicted octanol–water partition coefficient (Wildman–Crippen LogP) is 4.44. The quantitative estimate of drug-likeness (QED) is 0.278. The van der Waals surface area contributed by atoms with E-state index in [1.807, 2.05) is 25.1 Å². The third kappa shape index (κ3) is 4.49. The highest BCUT2D eigenvalue weighted by Gasteiger charge is 2.18. The Morgan fingerprint density at radius 1 is 1.19 bits per heavy atom. The van der Waals surface area contributed by atoms with E-state index in [1.54, 1.807) is 34.6 Å². The van der Waals surface area contributed by atoms with Crippen molar-refractivity contribution in [3.63, 3.8) is 0 Å². The Morgan fingerprint density at radius 2 is 2.03 bits per heavy atom. The highest BCUT2D eigenvalue weighted by atomic mass is 35.5. The Balaban J connectivity index is 1.84. The third-order valence-corrected chi connectivity index (χ3v) is 6.21. The summed E-state index contributed by atoms with van der Waals surface area (Å²) in [4.78, 5) is 18.4. The van der Waals surface area contributed by atoms with E-state index >= 15 is 0 Å².